The van der Waals surface area contributed by atoms with Crippen molar-refractivity contribution < 1.29 is 24.2 Å². The van der Waals surface area contributed by atoms with Crippen LogP contribution in [0.5, 0.6) is 0 Å². The minimum Gasteiger partial charge on any atom is -0.452 e. The van der Waals surface area contributed by atoms with Crippen molar-refractivity contribution in [2.45, 2.75) is 57.2 Å². The third-order valence-electron chi connectivity index (χ3n) is 7.63. The highest BCUT2D eigenvalue weighted by Crippen LogP contribution is 2.62. The molecule has 0 radical (unpaired) electrons. The van der Waals surface area contributed by atoms with E-state index < -0.39 is 17.1 Å². The van der Waals surface area contributed by atoms with Gasteiger partial charge in [0, 0.05) is 24.5 Å². The first-order valence-electron chi connectivity index (χ1n) is 11.5. The molecule has 2 N–H and O–H groups in total. The Labute approximate surface area is 183 Å². The van der Waals surface area contributed by atoms with E-state index >= 15 is 0 Å². The van der Waals surface area contributed by atoms with Crippen LogP contribution in [-0.4, -0.2) is 55.0 Å². The third-order valence-corrected chi connectivity index (χ3v) is 7.63. The molecule has 31 heavy (non-hydrogen) atoms. The van der Waals surface area contributed by atoms with Crippen molar-refractivity contribution in [1.82, 2.24) is 0 Å². The van der Waals surface area contributed by atoms with Gasteiger partial charge < -0.3 is 24.8 Å². The topological polar surface area (TPSA) is 88.1 Å². The van der Waals surface area contributed by atoms with Crippen LogP contribution in [0, 0.1) is 17.3 Å². The van der Waals surface area contributed by atoms with Crippen LogP contribution in [0.25, 0.3) is 0 Å². The van der Waals surface area contributed by atoms with Gasteiger partial charge in [-0.25, -0.2) is 0 Å². The summed E-state index contributed by atoms with van der Waals surface area (Å²) in [5.41, 5.74) is 0.429. The first-order valence-corrected chi connectivity index (χ1v) is 11.5. The molecule has 5 aliphatic rings. The van der Waals surface area contributed by atoms with E-state index in [0.29, 0.717) is 23.9 Å². The molecule has 168 valence electrons. The fraction of sp³-hybridized carbons (Fsp3) is 0.667. The first-order chi connectivity index (χ1) is 14.8. The van der Waals surface area contributed by atoms with Crippen molar-refractivity contribution in [3.05, 3.63) is 24.3 Å². The molecular formula is C24H32N2O5. The van der Waals surface area contributed by atoms with E-state index in [4.69, 9.17) is 9.47 Å². The van der Waals surface area contributed by atoms with Crippen LogP contribution >= 0.6 is 0 Å². The summed E-state index contributed by atoms with van der Waals surface area (Å²) in [6, 6.07) is 7.69. The lowest BCUT2D eigenvalue weighted by molar-refractivity contribution is -0.199. The van der Waals surface area contributed by atoms with Crippen molar-refractivity contribution in [3.8, 4) is 0 Å². The number of hydrogen-bond acceptors (Lipinski definition) is 6. The molecule has 7 nitrogen and oxygen atoms in total. The number of nitrogens with one attached hydrogen (secondary N) is 1. The van der Waals surface area contributed by atoms with Crippen molar-refractivity contribution >= 4 is 23.3 Å². The largest absolute Gasteiger partial charge is 0.452 e. The second-order valence-corrected chi connectivity index (χ2v) is 10.1. The molecule has 6 rings (SSSR count). The monoisotopic (exact) mass is 428 g/mol. The van der Waals surface area contributed by atoms with E-state index in [1.807, 2.05) is 24.3 Å². The number of rotatable bonds is 5. The van der Waals surface area contributed by atoms with Gasteiger partial charge >= 0.3 is 5.97 Å². The Balaban J connectivity index is 1.18. The smallest absolute Gasteiger partial charge is 0.312 e. The number of esters is 1. The number of anilines is 2. The van der Waals surface area contributed by atoms with Crippen LogP contribution in [0.2, 0.25) is 0 Å². The Morgan fingerprint density at radius 3 is 2.39 bits per heavy atom. The number of nitrogens with zero attached hydrogens (tertiary/aromatic N) is 1. The van der Waals surface area contributed by atoms with E-state index in [0.717, 1.165) is 64.1 Å². The predicted octanol–water partition coefficient (Wildman–Crippen LogP) is 2.72. The van der Waals surface area contributed by atoms with E-state index in [1.165, 1.54) is 0 Å². The zero-order valence-corrected chi connectivity index (χ0v) is 18.1. The molecule has 0 spiro atoms. The molecule has 5 atom stereocenters. The molecule has 1 aliphatic heterocycles. The number of hydrogen-bond donors (Lipinski definition) is 2. The SMILES string of the molecule is C[C@H](OC(=O)C12C[C@@H]3C[C@@H](CC(O)(C3)C1)C2)C(=O)Nc1ccc(N2CCOCC2)cc1. The highest BCUT2D eigenvalue weighted by molar-refractivity contribution is 5.95. The van der Waals surface area contributed by atoms with Gasteiger partial charge in [-0.15, -0.1) is 0 Å². The van der Waals surface area contributed by atoms with Crippen molar-refractivity contribution in [2.24, 2.45) is 17.3 Å². The number of ether oxygens (including phenoxy) is 2. The van der Waals surface area contributed by atoms with E-state index in [9.17, 15) is 14.7 Å². The van der Waals surface area contributed by atoms with Crippen LogP contribution in [0.3, 0.4) is 0 Å². The summed E-state index contributed by atoms with van der Waals surface area (Å²) in [5.74, 6) is 0.141. The van der Waals surface area contributed by atoms with Crippen LogP contribution in [0.4, 0.5) is 11.4 Å². The van der Waals surface area contributed by atoms with Gasteiger partial charge in [0.1, 0.15) is 0 Å². The quantitative estimate of drug-likeness (QED) is 0.701. The number of morpholine rings is 1. The lowest BCUT2D eigenvalue weighted by Gasteiger charge is -2.58. The molecule has 0 aromatic heterocycles. The number of amides is 1. The number of benzene rings is 1. The van der Waals surface area contributed by atoms with Crippen LogP contribution in [-0.2, 0) is 19.1 Å². The Morgan fingerprint density at radius 2 is 1.77 bits per heavy atom. The van der Waals surface area contributed by atoms with Crippen molar-refractivity contribution in [1.29, 1.82) is 0 Å². The molecule has 4 saturated carbocycles. The van der Waals surface area contributed by atoms with Crippen LogP contribution < -0.4 is 10.2 Å². The predicted molar refractivity (Wildman–Crippen MR) is 116 cm³/mol. The number of carbonyl (C=O) groups is 2. The number of carbonyl (C=O) groups excluding carboxylic acids is 2. The molecule has 1 amide bonds. The summed E-state index contributed by atoms with van der Waals surface area (Å²) in [6.07, 6.45) is 3.86. The van der Waals surface area contributed by atoms with E-state index in [2.05, 4.69) is 10.2 Å². The van der Waals surface area contributed by atoms with Gasteiger partial charge in [-0.2, -0.15) is 0 Å². The molecule has 2 unspecified atom stereocenters. The lowest BCUT2D eigenvalue weighted by atomic mass is 9.48. The van der Waals surface area contributed by atoms with Gasteiger partial charge in [0.25, 0.3) is 5.91 Å². The molecule has 4 bridgehead atoms. The Kier molecular flexibility index (Phi) is 5.21. The second kappa shape index (κ2) is 7.78. The zero-order valence-electron chi connectivity index (χ0n) is 18.1. The molecule has 1 aromatic rings. The summed E-state index contributed by atoms with van der Waals surface area (Å²) in [4.78, 5) is 28.0. The third kappa shape index (κ3) is 4.05. The lowest BCUT2D eigenvalue weighted by Crippen LogP contribution is -2.59. The molecule has 7 heteroatoms. The summed E-state index contributed by atoms with van der Waals surface area (Å²) in [7, 11) is 0. The van der Waals surface area contributed by atoms with Gasteiger partial charge in [-0.05, 0) is 81.5 Å². The van der Waals surface area contributed by atoms with Gasteiger partial charge in [0.2, 0.25) is 0 Å². The van der Waals surface area contributed by atoms with E-state index in [1.54, 1.807) is 6.92 Å². The summed E-state index contributed by atoms with van der Waals surface area (Å²) < 4.78 is 11.0. The van der Waals surface area contributed by atoms with Crippen molar-refractivity contribution in [3.63, 3.8) is 0 Å². The fourth-order valence-electron chi connectivity index (χ4n) is 6.61. The summed E-state index contributed by atoms with van der Waals surface area (Å²) >= 11 is 0. The van der Waals surface area contributed by atoms with Gasteiger partial charge in [0.05, 0.1) is 24.2 Å². The van der Waals surface area contributed by atoms with Crippen LogP contribution in [0.1, 0.15) is 45.4 Å². The molecule has 5 fully saturated rings. The molecule has 1 aromatic carbocycles. The maximum absolute atomic E-state index is 13.1. The van der Waals surface area contributed by atoms with Crippen LogP contribution in [0.15, 0.2) is 24.3 Å². The highest BCUT2D eigenvalue weighted by Gasteiger charge is 2.61. The molecule has 4 aliphatic carbocycles. The average Bonchev–Trinajstić information content (AvgIpc) is 2.73. The maximum atomic E-state index is 13.1. The van der Waals surface area contributed by atoms with E-state index in [-0.39, 0.29) is 11.9 Å². The maximum Gasteiger partial charge on any atom is 0.312 e. The summed E-state index contributed by atoms with van der Waals surface area (Å²) in [5, 5.41) is 13.7. The zero-order chi connectivity index (χ0) is 21.6. The summed E-state index contributed by atoms with van der Waals surface area (Å²) in [6.45, 7) is 4.78. The fourth-order valence-corrected chi connectivity index (χ4v) is 6.61. The van der Waals surface area contributed by atoms with Gasteiger partial charge in [-0.1, -0.05) is 0 Å². The minimum absolute atomic E-state index is 0.314. The number of aliphatic hydroxyl groups is 1. The normalized spacial score (nSPS) is 35.0. The standard InChI is InChI=1S/C24H32N2O5/c1-16(21(27)25-19-2-4-20(5-3-19)26-6-8-30-9-7-26)31-22(28)23-11-17-10-18(12-23)14-24(29,13-17)15-23/h2-5,16-18,29H,6-15H2,1H3,(H,25,27)/t16-,17-,18+,23?,24?/m0/s1. The molecular weight excluding hydrogens is 396 g/mol. The Morgan fingerprint density at radius 1 is 1.13 bits per heavy atom. The average molecular weight is 429 g/mol. The first kappa shape index (κ1) is 20.8. The van der Waals surface area contributed by atoms with Gasteiger partial charge in [0.15, 0.2) is 6.10 Å². The molecule has 1 saturated heterocycles. The Hall–Kier alpha value is -2.12. The minimum atomic E-state index is -0.880. The Bertz CT molecular complexity index is 834. The second-order valence-electron chi connectivity index (χ2n) is 10.1. The van der Waals surface area contributed by atoms with Gasteiger partial charge in [-0.3, -0.25) is 9.59 Å². The van der Waals surface area contributed by atoms with Crippen molar-refractivity contribution in [2.75, 3.05) is 36.5 Å². The highest BCUT2D eigenvalue weighted by atomic mass is 16.5. The molecule has 1 heterocycles.